The Morgan fingerprint density at radius 3 is 2.42 bits per heavy atom. The summed E-state index contributed by atoms with van der Waals surface area (Å²) in [5, 5.41) is 0. The Labute approximate surface area is 148 Å². The van der Waals surface area contributed by atoms with E-state index in [2.05, 4.69) is 15.9 Å². The second kappa shape index (κ2) is 7.97. The lowest BCUT2D eigenvalue weighted by Crippen LogP contribution is -2.14. The molecule has 0 bridgehead atoms. The van der Waals surface area contributed by atoms with Gasteiger partial charge in [-0.3, -0.25) is 4.79 Å². The van der Waals surface area contributed by atoms with Crippen LogP contribution in [-0.4, -0.2) is 25.5 Å². The number of methoxy groups -OCH3 is 1. The molecule has 2 aromatic rings. The number of halogens is 1. The van der Waals surface area contributed by atoms with Gasteiger partial charge < -0.3 is 14.2 Å². The topological polar surface area (TPSA) is 61.8 Å². The SMILES string of the molecule is COc1cc(C=O)ccc1OC(=O)c1cc(Br)ccc1OC(C)C. The summed E-state index contributed by atoms with van der Waals surface area (Å²) < 4.78 is 17.0. The van der Waals surface area contributed by atoms with E-state index in [9.17, 15) is 9.59 Å². The molecule has 5 nitrogen and oxygen atoms in total. The average Bonchev–Trinajstić information content (AvgIpc) is 2.56. The minimum atomic E-state index is -0.580. The second-order valence-corrected chi connectivity index (χ2v) is 6.14. The van der Waals surface area contributed by atoms with Crippen LogP contribution in [0.2, 0.25) is 0 Å². The van der Waals surface area contributed by atoms with Crippen LogP contribution in [-0.2, 0) is 0 Å². The van der Waals surface area contributed by atoms with Gasteiger partial charge in [0.2, 0.25) is 0 Å². The smallest absolute Gasteiger partial charge is 0.347 e. The second-order valence-electron chi connectivity index (χ2n) is 5.22. The van der Waals surface area contributed by atoms with Crippen LogP contribution in [0.5, 0.6) is 17.2 Å². The van der Waals surface area contributed by atoms with Gasteiger partial charge in [0.05, 0.1) is 13.2 Å². The van der Waals surface area contributed by atoms with E-state index in [1.54, 1.807) is 24.3 Å². The third kappa shape index (κ3) is 4.35. The first kappa shape index (κ1) is 18.0. The largest absolute Gasteiger partial charge is 0.493 e. The van der Waals surface area contributed by atoms with Crippen LogP contribution in [0.1, 0.15) is 34.6 Å². The number of ether oxygens (including phenoxy) is 3. The quantitative estimate of drug-likeness (QED) is 0.417. The predicted octanol–water partition coefficient (Wildman–Crippen LogP) is 4.28. The molecule has 126 valence electrons. The summed E-state index contributed by atoms with van der Waals surface area (Å²) in [6.45, 7) is 3.75. The fourth-order valence-corrected chi connectivity index (χ4v) is 2.38. The van der Waals surface area contributed by atoms with Crippen LogP contribution in [0.25, 0.3) is 0 Å². The lowest BCUT2D eigenvalue weighted by atomic mass is 10.2. The zero-order valence-corrected chi connectivity index (χ0v) is 15.1. The van der Waals surface area contributed by atoms with Gasteiger partial charge in [-0.1, -0.05) is 15.9 Å². The van der Waals surface area contributed by atoms with Gasteiger partial charge in [-0.15, -0.1) is 0 Å². The third-order valence-corrected chi connectivity index (χ3v) is 3.54. The molecule has 0 unspecified atom stereocenters. The molecule has 0 radical (unpaired) electrons. The molecule has 0 aliphatic carbocycles. The van der Waals surface area contributed by atoms with Gasteiger partial charge in [0, 0.05) is 10.0 Å². The van der Waals surface area contributed by atoms with E-state index in [4.69, 9.17) is 14.2 Å². The highest BCUT2D eigenvalue weighted by atomic mass is 79.9. The van der Waals surface area contributed by atoms with Crippen LogP contribution in [0.4, 0.5) is 0 Å². The summed E-state index contributed by atoms with van der Waals surface area (Å²) in [5.41, 5.74) is 0.720. The monoisotopic (exact) mass is 392 g/mol. The summed E-state index contributed by atoms with van der Waals surface area (Å²) in [4.78, 5) is 23.4. The van der Waals surface area contributed by atoms with E-state index in [0.29, 0.717) is 28.9 Å². The Morgan fingerprint density at radius 1 is 1.08 bits per heavy atom. The van der Waals surface area contributed by atoms with Gasteiger partial charge >= 0.3 is 5.97 Å². The molecule has 2 rings (SSSR count). The molecule has 0 aliphatic rings. The van der Waals surface area contributed by atoms with Crippen molar-refractivity contribution in [3.8, 4) is 17.2 Å². The lowest BCUT2D eigenvalue weighted by molar-refractivity contribution is 0.0723. The standard InChI is InChI=1S/C18H17BrO5/c1-11(2)23-15-7-5-13(19)9-14(15)18(21)24-16-6-4-12(10-20)8-17(16)22-3/h4-11H,1-3H3. The van der Waals surface area contributed by atoms with Crippen molar-refractivity contribution in [2.24, 2.45) is 0 Å². The minimum Gasteiger partial charge on any atom is -0.493 e. The lowest BCUT2D eigenvalue weighted by Gasteiger charge is -2.15. The third-order valence-electron chi connectivity index (χ3n) is 3.05. The summed E-state index contributed by atoms with van der Waals surface area (Å²) in [6.07, 6.45) is 0.607. The summed E-state index contributed by atoms with van der Waals surface area (Å²) >= 11 is 3.34. The summed E-state index contributed by atoms with van der Waals surface area (Å²) in [6, 6.07) is 9.68. The molecule has 0 saturated heterocycles. The van der Waals surface area contributed by atoms with Crippen LogP contribution < -0.4 is 14.2 Å². The van der Waals surface area contributed by atoms with Gasteiger partial charge in [-0.25, -0.2) is 4.79 Å². The Hall–Kier alpha value is -2.34. The number of carbonyl (C=O) groups is 2. The molecule has 0 aliphatic heterocycles. The van der Waals surface area contributed by atoms with Gasteiger partial charge in [-0.05, 0) is 50.2 Å². The predicted molar refractivity (Wildman–Crippen MR) is 93.2 cm³/mol. The van der Waals surface area contributed by atoms with E-state index in [0.717, 1.165) is 4.47 Å². The van der Waals surface area contributed by atoms with Crippen molar-refractivity contribution >= 4 is 28.2 Å². The van der Waals surface area contributed by atoms with Crippen molar-refractivity contribution < 1.29 is 23.8 Å². The summed E-state index contributed by atoms with van der Waals surface area (Å²) in [5.74, 6) is 0.378. The maximum atomic E-state index is 12.5. The van der Waals surface area contributed by atoms with E-state index in [1.807, 2.05) is 13.8 Å². The number of aldehydes is 1. The number of benzene rings is 2. The van der Waals surface area contributed by atoms with E-state index < -0.39 is 5.97 Å². The van der Waals surface area contributed by atoms with Crippen molar-refractivity contribution in [1.82, 2.24) is 0 Å². The molecule has 0 fully saturated rings. The maximum absolute atomic E-state index is 12.5. The van der Waals surface area contributed by atoms with Crippen LogP contribution in [0.15, 0.2) is 40.9 Å². The first-order valence-electron chi connectivity index (χ1n) is 7.26. The number of hydrogen-bond acceptors (Lipinski definition) is 5. The first-order chi connectivity index (χ1) is 11.4. The Balaban J connectivity index is 2.33. The number of hydrogen-bond donors (Lipinski definition) is 0. The van der Waals surface area contributed by atoms with Gasteiger partial charge in [0.1, 0.15) is 17.6 Å². The average molecular weight is 393 g/mol. The number of esters is 1. The van der Waals surface area contributed by atoms with Crippen molar-refractivity contribution in [1.29, 1.82) is 0 Å². The van der Waals surface area contributed by atoms with E-state index in [-0.39, 0.29) is 11.9 Å². The van der Waals surface area contributed by atoms with Crippen LogP contribution in [0.3, 0.4) is 0 Å². The van der Waals surface area contributed by atoms with Gasteiger partial charge in [-0.2, -0.15) is 0 Å². The normalized spacial score (nSPS) is 10.4. The van der Waals surface area contributed by atoms with Crippen molar-refractivity contribution in [2.45, 2.75) is 20.0 Å². The Morgan fingerprint density at radius 2 is 1.79 bits per heavy atom. The molecule has 2 aromatic carbocycles. The molecular formula is C18H17BrO5. The molecule has 6 heteroatoms. The highest BCUT2D eigenvalue weighted by molar-refractivity contribution is 9.10. The van der Waals surface area contributed by atoms with E-state index in [1.165, 1.54) is 19.2 Å². The van der Waals surface area contributed by atoms with Crippen LogP contribution in [0, 0.1) is 0 Å². The van der Waals surface area contributed by atoms with Crippen molar-refractivity contribution in [3.63, 3.8) is 0 Å². The Kier molecular flexibility index (Phi) is 5.98. The van der Waals surface area contributed by atoms with Crippen molar-refractivity contribution in [3.05, 3.63) is 52.0 Å². The van der Waals surface area contributed by atoms with Crippen molar-refractivity contribution in [2.75, 3.05) is 7.11 Å². The van der Waals surface area contributed by atoms with Gasteiger partial charge in [0.15, 0.2) is 11.5 Å². The highest BCUT2D eigenvalue weighted by Gasteiger charge is 2.18. The molecule has 0 heterocycles. The van der Waals surface area contributed by atoms with Gasteiger partial charge in [0.25, 0.3) is 0 Å². The first-order valence-corrected chi connectivity index (χ1v) is 8.05. The molecule has 0 spiro atoms. The highest BCUT2D eigenvalue weighted by Crippen LogP contribution is 2.30. The maximum Gasteiger partial charge on any atom is 0.347 e. The fourth-order valence-electron chi connectivity index (χ4n) is 2.02. The summed E-state index contributed by atoms with van der Waals surface area (Å²) in [7, 11) is 1.44. The molecule has 0 atom stereocenters. The molecule has 0 amide bonds. The molecular weight excluding hydrogens is 376 g/mol. The number of rotatable bonds is 6. The van der Waals surface area contributed by atoms with Crippen LogP contribution >= 0.6 is 15.9 Å². The number of carbonyl (C=O) groups excluding carboxylic acids is 2. The zero-order valence-electron chi connectivity index (χ0n) is 13.5. The zero-order chi connectivity index (χ0) is 17.7. The minimum absolute atomic E-state index is 0.0841. The molecule has 0 N–H and O–H groups in total. The molecule has 24 heavy (non-hydrogen) atoms. The van der Waals surface area contributed by atoms with E-state index >= 15 is 0 Å². The molecule has 0 saturated carbocycles. The fraction of sp³-hybridized carbons (Fsp3) is 0.222. The molecule has 0 aromatic heterocycles. The Bertz CT molecular complexity index is 755.